The van der Waals surface area contributed by atoms with Gasteiger partial charge in [0.2, 0.25) is 5.91 Å². The number of piperidine rings is 1. The van der Waals surface area contributed by atoms with E-state index >= 15 is 0 Å². The van der Waals surface area contributed by atoms with E-state index in [-0.39, 0.29) is 42.9 Å². The van der Waals surface area contributed by atoms with E-state index in [1.165, 1.54) is 0 Å². The van der Waals surface area contributed by atoms with Gasteiger partial charge in [-0.2, -0.15) is 0 Å². The summed E-state index contributed by atoms with van der Waals surface area (Å²) in [7, 11) is 1.58. The number of ether oxygens (including phenoxy) is 1. The zero-order chi connectivity index (χ0) is 16.8. The summed E-state index contributed by atoms with van der Waals surface area (Å²) in [5, 5.41) is 3.08. The summed E-state index contributed by atoms with van der Waals surface area (Å²) in [5.41, 5.74) is 6.53. The zero-order valence-electron chi connectivity index (χ0n) is 15.0. The lowest BCUT2D eigenvalue weighted by Crippen LogP contribution is -2.46. The van der Waals surface area contributed by atoms with Gasteiger partial charge in [0.05, 0.1) is 12.5 Å². The molecule has 2 rings (SSSR count). The number of carbonyl (C=O) groups excluding carboxylic acids is 1. The van der Waals surface area contributed by atoms with Crippen molar-refractivity contribution in [2.45, 2.75) is 45.3 Å². The molecule has 0 saturated carbocycles. The topological polar surface area (TPSA) is 93.4 Å². The second-order valence-corrected chi connectivity index (χ2v) is 6.04. The Morgan fingerprint density at radius 2 is 2.00 bits per heavy atom. The van der Waals surface area contributed by atoms with Crippen molar-refractivity contribution in [2.24, 2.45) is 5.73 Å². The van der Waals surface area contributed by atoms with Gasteiger partial charge >= 0.3 is 0 Å². The Morgan fingerprint density at radius 3 is 2.52 bits per heavy atom. The summed E-state index contributed by atoms with van der Waals surface area (Å²) in [6, 6.07) is 2.22. The molecule has 0 aliphatic carbocycles. The van der Waals surface area contributed by atoms with E-state index in [1.54, 1.807) is 7.11 Å². The van der Waals surface area contributed by atoms with Gasteiger partial charge in [-0.05, 0) is 26.7 Å². The SMILES string of the molecule is COC(CN)CC(=O)NC1CCN(c2cc(C)nc(C)n2)CC1.Cl.Cl. The number of aromatic nitrogens is 2. The average Bonchev–Trinajstić information content (AvgIpc) is 2.52. The molecular formula is C16H29Cl2N5O2. The van der Waals surface area contributed by atoms with Gasteiger partial charge in [-0.25, -0.2) is 9.97 Å². The fraction of sp³-hybridized carbons (Fsp3) is 0.688. The van der Waals surface area contributed by atoms with Crippen molar-refractivity contribution in [3.8, 4) is 0 Å². The minimum Gasteiger partial charge on any atom is -0.380 e. The van der Waals surface area contributed by atoms with Crippen molar-refractivity contribution < 1.29 is 9.53 Å². The first kappa shape index (κ1) is 23.9. The molecular weight excluding hydrogens is 365 g/mol. The Hall–Kier alpha value is -1.15. The highest BCUT2D eigenvalue weighted by Gasteiger charge is 2.22. The maximum atomic E-state index is 12.0. The van der Waals surface area contributed by atoms with Crippen LogP contribution in [0.2, 0.25) is 0 Å². The summed E-state index contributed by atoms with van der Waals surface area (Å²) < 4.78 is 5.15. The van der Waals surface area contributed by atoms with Crippen LogP contribution in [-0.2, 0) is 9.53 Å². The number of nitrogens with zero attached hydrogens (tertiary/aromatic N) is 3. The number of rotatable bonds is 6. The summed E-state index contributed by atoms with van der Waals surface area (Å²) in [4.78, 5) is 23.1. The van der Waals surface area contributed by atoms with Crippen molar-refractivity contribution in [3.63, 3.8) is 0 Å². The molecule has 0 spiro atoms. The molecule has 1 fully saturated rings. The van der Waals surface area contributed by atoms with Crippen LogP contribution in [0.25, 0.3) is 0 Å². The number of hydrogen-bond donors (Lipinski definition) is 2. The van der Waals surface area contributed by atoms with Gasteiger partial charge in [0, 0.05) is 44.5 Å². The first-order chi connectivity index (χ1) is 11.0. The van der Waals surface area contributed by atoms with E-state index < -0.39 is 0 Å². The standard InChI is InChI=1S/C16H27N5O2.2ClH/c1-11-8-15(19-12(2)18-11)21-6-4-13(5-7-21)20-16(22)9-14(10-17)23-3;;/h8,13-14H,4-7,9-10,17H2,1-3H3,(H,20,22);2*1H. The van der Waals surface area contributed by atoms with E-state index in [2.05, 4.69) is 20.2 Å². The van der Waals surface area contributed by atoms with Crippen molar-refractivity contribution in [2.75, 3.05) is 31.6 Å². The lowest BCUT2D eigenvalue weighted by atomic mass is 10.0. The lowest BCUT2D eigenvalue weighted by Gasteiger charge is -2.33. The van der Waals surface area contributed by atoms with Gasteiger partial charge in [0.15, 0.2) is 0 Å². The van der Waals surface area contributed by atoms with Crippen LogP contribution in [0.4, 0.5) is 5.82 Å². The molecule has 144 valence electrons. The molecule has 1 atom stereocenters. The number of hydrogen-bond acceptors (Lipinski definition) is 6. The molecule has 1 aromatic heterocycles. The number of methoxy groups -OCH3 is 1. The number of carbonyl (C=O) groups is 1. The van der Waals surface area contributed by atoms with Crippen LogP contribution in [0.3, 0.4) is 0 Å². The molecule has 25 heavy (non-hydrogen) atoms. The van der Waals surface area contributed by atoms with E-state index in [0.717, 1.165) is 43.3 Å². The Kier molecular flexibility index (Phi) is 10.9. The maximum absolute atomic E-state index is 12.0. The van der Waals surface area contributed by atoms with Crippen LogP contribution in [0.1, 0.15) is 30.8 Å². The number of aryl methyl sites for hydroxylation is 2. The first-order valence-electron chi connectivity index (χ1n) is 8.11. The Bertz CT molecular complexity index is 515. The number of anilines is 1. The van der Waals surface area contributed by atoms with Crippen LogP contribution >= 0.6 is 24.8 Å². The van der Waals surface area contributed by atoms with Crippen LogP contribution in [0, 0.1) is 13.8 Å². The Balaban J connectivity index is 0.00000288. The molecule has 1 aliphatic heterocycles. The third-order valence-electron chi connectivity index (χ3n) is 4.15. The predicted molar refractivity (Wildman–Crippen MR) is 104 cm³/mol. The van der Waals surface area contributed by atoms with Gasteiger partial charge < -0.3 is 20.7 Å². The largest absolute Gasteiger partial charge is 0.380 e. The molecule has 0 aromatic carbocycles. The fourth-order valence-electron chi connectivity index (χ4n) is 2.87. The summed E-state index contributed by atoms with van der Waals surface area (Å²) >= 11 is 0. The minimum absolute atomic E-state index is 0. The van der Waals surface area contributed by atoms with Crippen LogP contribution < -0.4 is 16.0 Å². The molecule has 1 aromatic rings. The molecule has 9 heteroatoms. The Labute approximate surface area is 161 Å². The van der Waals surface area contributed by atoms with Crippen molar-refractivity contribution in [1.82, 2.24) is 15.3 Å². The predicted octanol–water partition coefficient (Wildman–Crippen LogP) is 1.39. The molecule has 2 heterocycles. The van der Waals surface area contributed by atoms with Crippen LogP contribution in [0.15, 0.2) is 6.07 Å². The first-order valence-corrected chi connectivity index (χ1v) is 8.11. The van der Waals surface area contributed by atoms with E-state index in [4.69, 9.17) is 10.5 Å². The number of nitrogens with two attached hydrogens (primary N) is 1. The van der Waals surface area contributed by atoms with Crippen molar-refractivity contribution in [3.05, 3.63) is 17.6 Å². The molecule has 7 nitrogen and oxygen atoms in total. The summed E-state index contributed by atoms with van der Waals surface area (Å²) in [6.45, 7) is 6.01. The number of amides is 1. The second-order valence-electron chi connectivity index (χ2n) is 6.04. The highest BCUT2D eigenvalue weighted by molar-refractivity contribution is 5.85. The zero-order valence-corrected chi connectivity index (χ0v) is 16.7. The normalized spacial score (nSPS) is 15.8. The molecule has 3 N–H and O–H groups in total. The van der Waals surface area contributed by atoms with Crippen molar-refractivity contribution in [1.29, 1.82) is 0 Å². The minimum atomic E-state index is -0.206. The highest BCUT2D eigenvalue weighted by atomic mass is 35.5. The smallest absolute Gasteiger partial charge is 0.222 e. The van der Waals surface area contributed by atoms with Crippen LogP contribution in [-0.4, -0.2) is 54.8 Å². The summed E-state index contributed by atoms with van der Waals surface area (Å²) in [5.74, 6) is 1.78. The highest BCUT2D eigenvalue weighted by Crippen LogP contribution is 2.19. The molecule has 1 unspecified atom stereocenters. The Morgan fingerprint density at radius 1 is 1.36 bits per heavy atom. The van der Waals surface area contributed by atoms with Gasteiger partial charge in [0.1, 0.15) is 11.6 Å². The van der Waals surface area contributed by atoms with E-state index in [1.807, 2.05) is 19.9 Å². The van der Waals surface area contributed by atoms with Crippen molar-refractivity contribution >= 4 is 36.5 Å². The third kappa shape index (κ3) is 7.32. The molecule has 0 bridgehead atoms. The quantitative estimate of drug-likeness (QED) is 0.758. The monoisotopic (exact) mass is 393 g/mol. The molecule has 1 aliphatic rings. The van der Waals surface area contributed by atoms with E-state index in [9.17, 15) is 4.79 Å². The average molecular weight is 394 g/mol. The number of nitrogens with one attached hydrogen (secondary N) is 1. The summed E-state index contributed by atoms with van der Waals surface area (Å²) in [6.07, 6.45) is 1.93. The van der Waals surface area contributed by atoms with Crippen LogP contribution in [0.5, 0.6) is 0 Å². The lowest BCUT2D eigenvalue weighted by molar-refractivity contribution is -0.124. The fourth-order valence-corrected chi connectivity index (χ4v) is 2.87. The van der Waals surface area contributed by atoms with Gasteiger partial charge in [-0.15, -0.1) is 24.8 Å². The maximum Gasteiger partial charge on any atom is 0.222 e. The number of halogens is 2. The third-order valence-corrected chi connectivity index (χ3v) is 4.15. The molecule has 1 saturated heterocycles. The van der Waals surface area contributed by atoms with Gasteiger partial charge in [-0.3, -0.25) is 4.79 Å². The molecule has 1 amide bonds. The second kappa shape index (κ2) is 11.5. The van der Waals surface area contributed by atoms with Gasteiger partial charge in [-0.1, -0.05) is 0 Å². The van der Waals surface area contributed by atoms with Gasteiger partial charge in [0.25, 0.3) is 0 Å². The molecule has 0 radical (unpaired) electrons. The van der Waals surface area contributed by atoms with E-state index in [0.29, 0.717) is 13.0 Å².